The molecule has 1 aromatic rings. The number of hydrazine groups is 1. The Hall–Kier alpha value is -1.72. The summed E-state index contributed by atoms with van der Waals surface area (Å²) in [6, 6.07) is 5.00. The van der Waals surface area contributed by atoms with Crippen molar-refractivity contribution in [3.63, 3.8) is 0 Å². The largest absolute Gasteiger partial charge is 0.492 e. The summed E-state index contributed by atoms with van der Waals surface area (Å²) in [5.41, 5.74) is 6.11. The van der Waals surface area contributed by atoms with E-state index in [1.807, 2.05) is 13.8 Å². The first-order valence-electron chi connectivity index (χ1n) is 8.11. The number of rotatable bonds is 7. The van der Waals surface area contributed by atoms with Crippen molar-refractivity contribution in [1.29, 1.82) is 0 Å². The standard InChI is InChI=1S/C18H22Cl2N2O3/c1-18(2)10-13(9-14(23)11-18)21-22-17(24)4-3-7-25-16-6-5-12(19)8-15(16)20/h5-6,8-9,21H,3-4,7,10-11H2,1-2H3,(H,22,24). The van der Waals surface area contributed by atoms with Gasteiger partial charge in [-0.2, -0.15) is 0 Å². The second kappa shape index (κ2) is 8.59. The van der Waals surface area contributed by atoms with Gasteiger partial charge in [0.25, 0.3) is 0 Å². The Morgan fingerprint density at radius 2 is 2.04 bits per heavy atom. The van der Waals surface area contributed by atoms with Gasteiger partial charge >= 0.3 is 0 Å². The van der Waals surface area contributed by atoms with Crippen molar-refractivity contribution in [3.05, 3.63) is 40.0 Å². The normalized spacial score (nSPS) is 16.2. The van der Waals surface area contributed by atoms with E-state index in [4.69, 9.17) is 27.9 Å². The zero-order chi connectivity index (χ0) is 18.4. The highest BCUT2D eigenvalue weighted by molar-refractivity contribution is 6.35. The summed E-state index contributed by atoms with van der Waals surface area (Å²) in [7, 11) is 0. The maximum Gasteiger partial charge on any atom is 0.238 e. The van der Waals surface area contributed by atoms with Gasteiger partial charge in [-0.25, -0.2) is 0 Å². The van der Waals surface area contributed by atoms with E-state index < -0.39 is 0 Å². The molecule has 25 heavy (non-hydrogen) atoms. The maximum atomic E-state index is 11.9. The molecule has 0 saturated heterocycles. The average Bonchev–Trinajstić information content (AvgIpc) is 2.49. The topological polar surface area (TPSA) is 67.4 Å². The molecule has 2 N–H and O–H groups in total. The highest BCUT2D eigenvalue weighted by Crippen LogP contribution is 2.32. The molecular formula is C18H22Cl2N2O3. The molecule has 0 aromatic heterocycles. The minimum absolute atomic E-state index is 0.0706. The molecule has 0 saturated carbocycles. The van der Waals surface area contributed by atoms with Crippen LogP contribution in [0.3, 0.4) is 0 Å². The molecular weight excluding hydrogens is 363 g/mol. The van der Waals surface area contributed by atoms with Gasteiger partial charge < -0.3 is 10.2 Å². The van der Waals surface area contributed by atoms with Gasteiger partial charge in [0.2, 0.25) is 5.91 Å². The number of halogens is 2. The van der Waals surface area contributed by atoms with Gasteiger partial charge in [-0.1, -0.05) is 37.0 Å². The predicted octanol–water partition coefficient (Wildman–Crippen LogP) is 4.05. The van der Waals surface area contributed by atoms with Gasteiger partial charge in [-0.05, 0) is 36.5 Å². The van der Waals surface area contributed by atoms with Crippen molar-refractivity contribution in [2.75, 3.05) is 6.61 Å². The fourth-order valence-electron chi connectivity index (χ4n) is 2.65. The monoisotopic (exact) mass is 384 g/mol. The van der Waals surface area contributed by atoms with E-state index >= 15 is 0 Å². The van der Waals surface area contributed by atoms with Crippen molar-refractivity contribution in [1.82, 2.24) is 10.9 Å². The molecule has 0 aliphatic heterocycles. The van der Waals surface area contributed by atoms with Crippen molar-refractivity contribution >= 4 is 34.9 Å². The Morgan fingerprint density at radius 3 is 2.72 bits per heavy atom. The van der Waals surface area contributed by atoms with E-state index in [0.717, 1.165) is 12.1 Å². The van der Waals surface area contributed by atoms with Crippen LogP contribution in [0.25, 0.3) is 0 Å². The number of hydrogen-bond acceptors (Lipinski definition) is 4. The Kier molecular flexibility index (Phi) is 6.73. The first-order valence-corrected chi connectivity index (χ1v) is 8.87. The smallest absolute Gasteiger partial charge is 0.238 e. The minimum atomic E-state index is -0.164. The number of allylic oxidation sites excluding steroid dienone is 2. The van der Waals surface area contributed by atoms with Crippen LogP contribution in [0.5, 0.6) is 5.75 Å². The highest BCUT2D eigenvalue weighted by Gasteiger charge is 2.27. The lowest BCUT2D eigenvalue weighted by atomic mass is 9.79. The van der Waals surface area contributed by atoms with Crippen LogP contribution in [0.1, 0.15) is 39.5 Å². The molecule has 2 rings (SSSR count). The second-order valence-electron chi connectivity index (χ2n) is 6.85. The lowest BCUT2D eigenvalue weighted by molar-refractivity contribution is -0.122. The molecule has 0 fully saturated rings. The molecule has 5 nitrogen and oxygen atoms in total. The van der Waals surface area contributed by atoms with Crippen LogP contribution in [0, 0.1) is 5.41 Å². The van der Waals surface area contributed by atoms with E-state index in [9.17, 15) is 9.59 Å². The summed E-state index contributed by atoms with van der Waals surface area (Å²) in [4.78, 5) is 23.5. The zero-order valence-electron chi connectivity index (χ0n) is 14.3. The molecule has 0 spiro atoms. The summed E-state index contributed by atoms with van der Waals surface area (Å²) in [5.74, 6) is 0.446. The molecule has 7 heteroatoms. The fourth-order valence-corrected chi connectivity index (χ4v) is 3.11. The first kappa shape index (κ1) is 19.6. The summed E-state index contributed by atoms with van der Waals surface area (Å²) in [5, 5.41) is 0.983. The van der Waals surface area contributed by atoms with Crippen LogP contribution in [0.2, 0.25) is 10.0 Å². The molecule has 0 radical (unpaired) electrons. The number of ether oxygens (including phenoxy) is 1. The number of ketones is 1. The van der Waals surface area contributed by atoms with Gasteiger partial charge in [0.1, 0.15) is 5.75 Å². The summed E-state index contributed by atoms with van der Waals surface area (Å²) in [6.45, 7) is 4.42. The molecule has 1 amide bonds. The Labute approximate surface area is 157 Å². The van der Waals surface area contributed by atoms with Gasteiger partial charge in [0.15, 0.2) is 5.78 Å². The molecule has 1 aromatic carbocycles. The van der Waals surface area contributed by atoms with E-state index in [1.165, 1.54) is 0 Å². The van der Waals surface area contributed by atoms with Crippen LogP contribution in [0.15, 0.2) is 30.0 Å². The van der Waals surface area contributed by atoms with Crippen LogP contribution >= 0.6 is 23.2 Å². The molecule has 1 aliphatic rings. The van der Waals surface area contributed by atoms with Gasteiger partial charge in [-0.3, -0.25) is 15.0 Å². The SMILES string of the molecule is CC1(C)CC(=O)C=C(NNC(=O)CCCOc2ccc(Cl)cc2Cl)C1. The second-order valence-corrected chi connectivity index (χ2v) is 7.70. The maximum absolute atomic E-state index is 11.9. The lowest BCUT2D eigenvalue weighted by Crippen LogP contribution is -2.39. The molecule has 1 aliphatic carbocycles. The van der Waals surface area contributed by atoms with E-state index in [2.05, 4.69) is 10.9 Å². The number of amides is 1. The number of carbonyl (C=O) groups is 2. The third kappa shape index (κ3) is 6.59. The Bertz CT molecular complexity index is 687. The molecule has 136 valence electrons. The predicted molar refractivity (Wildman–Crippen MR) is 98.6 cm³/mol. The van der Waals surface area contributed by atoms with Crippen LogP contribution in [-0.2, 0) is 9.59 Å². The van der Waals surface area contributed by atoms with E-state index in [0.29, 0.717) is 41.7 Å². The van der Waals surface area contributed by atoms with Crippen molar-refractivity contribution in [3.8, 4) is 5.75 Å². The van der Waals surface area contributed by atoms with E-state index in [1.54, 1.807) is 24.3 Å². The molecule has 0 unspecified atom stereocenters. The fraction of sp³-hybridized carbons (Fsp3) is 0.444. The van der Waals surface area contributed by atoms with Crippen LogP contribution in [-0.4, -0.2) is 18.3 Å². The third-order valence-corrected chi connectivity index (χ3v) is 4.25. The number of carbonyl (C=O) groups excluding carboxylic acids is 2. The Balaban J connectivity index is 1.68. The summed E-state index contributed by atoms with van der Waals surface area (Å²) < 4.78 is 5.53. The zero-order valence-corrected chi connectivity index (χ0v) is 15.8. The highest BCUT2D eigenvalue weighted by atomic mass is 35.5. The summed E-state index contributed by atoms with van der Waals surface area (Å²) in [6.07, 6.45) is 3.63. The molecule has 0 atom stereocenters. The average molecular weight is 385 g/mol. The van der Waals surface area contributed by atoms with Crippen LogP contribution < -0.4 is 15.6 Å². The Morgan fingerprint density at radius 1 is 1.28 bits per heavy atom. The van der Waals surface area contributed by atoms with Crippen molar-refractivity contribution < 1.29 is 14.3 Å². The quantitative estimate of drug-likeness (QED) is 0.549. The first-order chi connectivity index (χ1) is 11.7. The van der Waals surface area contributed by atoms with Gasteiger partial charge in [0.05, 0.1) is 11.6 Å². The van der Waals surface area contributed by atoms with Gasteiger partial charge in [0, 0.05) is 29.6 Å². The van der Waals surface area contributed by atoms with E-state index in [-0.39, 0.29) is 17.1 Å². The minimum Gasteiger partial charge on any atom is -0.492 e. The van der Waals surface area contributed by atoms with Crippen molar-refractivity contribution in [2.45, 2.75) is 39.5 Å². The third-order valence-electron chi connectivity index (χ3n) is 3.72. The molecule has 0 heterocycles. The van der Waals surface area contributed by atoms with Gasteiger partial charge in [-0.15, -0.1) is 0 Å². The number of benzene rings is 1. The summed E-state index contributed by atoms with van der Waals surface area (Å²) >= 11 is 11.8. The molecule has 0 bridgehead atoms. The van der Waals surface area contributed by atoms with Crippen molar-refractivity contribution in [2.24, 2.45) is 5.41 Å². The number of hydrogen-bond donors (Lipinski definition) is 2. The number of nitrogens with one attached hydrogen (secondary N) is 2. The lowest BCUT2D eigenvalue weighted by Gasteiger charge is -2.29. The van der Waals surface area contributed by atoms with Crippen LogP contribution in [0.4, 0.5) is 0 Å².